The Kier molecular flexibility index (Phi) is 12.9. The number of nitrogens with one attached hydrogen (secondary N) is 2. The molecule has 6 heteroatoms. The molecule has 0 aromatic carbocycles. The smallest absolute Gasteiger partial charge is 0.191 e. The van der Waals surface area contributed by atoms with Gasteiger partial charge in [-0.15, -0.1) is 24.0 Å². The fourth-order valence-corrected chi connectivity index (χ4v) is 3.52. The van der Waals surface area contributed by atoms with Crippen LogP contribution in [0.2, 0.25) is 0 Å². The van der Waals surface area contributed by atoms with E-state index in [1.165, 1.54) is 71.1 Å². The SMILES string of the molecule is CCNC(=NCCN1CCCCCC1)NCCN1CCCCC1.I. The van der Waals surface area contributed by atoms with Crippen molar-refractivity contribution in [3.63, 3.8) is 0 Å². The summed E-state index contributed by atoms with van der Waals surface area (Å²) in [6, 6.07) is 0. The maximum absolute atomic E-state index is 4.76. The number of halogens is 1. The molecule has 2 saturated heterocycles. The number of nitrogens with zero attached hydrogens (tertiary/aromatic N) is 3. The molecule has 2 heterocycles. The third-order valence-electron chi connectivity index (χ3n) is 4.90. The van der Waals surface area contributed by atoms with Crippen LogP contribution in [0, 0.1) is 0 Å². The van der Waals surface area contributed by atoms with Gasteiger partial charge in [-0.3, -0.25) is 4.99 Å². The highest BCUT2D eigenvalue weighted by molar-refractivity contribution is 14.0. The summed E-state index contributed by atoms with van der Waals surface area (Å²) in [5, 5.41) is 6.87. The molecule has 0 amide bonds. The van der Waals surface area contributed by atoms with Crippen molar-refractivity contribution < 1.29 is 0 Å². The van der Waals surface area contributed by atoms with Crippen LogP contribution in [-0.4, -0.2) is 74.7 Å². The highest BCUT2D eigenvalue weighted by Crippen LogP contribution is 2.09. The predicted molar refractivity (Wildman–Crippen MR) is 115 cm³/mol. The molecule has 0 atom stereocenters. The number of aliphatic imine (C=N–C) groups is 1. The van der Waals surface area contributed by atoms with Gasteiger partial charge in [0.1, 0.15) is 0 Å². The van der Waals surface area contributed by atoms with Gasteiger partial charge in [0.05, 0.1) is 6.54 Å². The highest BCUT2D eigenvalue weighted by atomic mass is 127. The van der Waals surface area contributed by atoms with Crippen molar-refractivity contribution in [3.05, 3.63) is 0 Å². The van der Waals surface area contributed by atoms with Crippen molar-refractivity contribution in [1.29, 1.82) is 0 Å². The van der Waals surface area contributed by atoms with Crippen LogP contribution >= 0.6 is 24.0 Å². The maximum atomic E-state index is 4.76. The summed E-state index contributed by atoms with van der Waals surface area (Å²) in [6.45, 7) is 12.3. The standard InChI is InChI=1S/C18H37N5.HI/c1-2-19-18(21-11-17-23-14-8-5-9-15-23)20-10-16-22-12-6-3-4-7-13-22;/h2-17H2,1H3,(H2,19,20,21);1H. The van der Waals surface area contributed by atoms with Crippen molar-refractivity contribution in [1.82, 2.24) is 20.4 Å². The molecule has 2 aliphatic rings. The topological polar surface area (TPSA) is 42.9 Å². The average molecular weight is 451 g/mol. The van der Waals surface area contributed by atoms with Crippen LogP contribution in [0.1, 0.15) is 51.9 Å². The van der Waals surface area contributed by atoms with Crippen LogP contribution in [0.15, 0.2) is 4.99 Å². The fraction of sp³-hybridized carbons (Fsp3) is 0.944. The van der Waals surface area contributed by atoms with E-state index < -0.39 is 0 Å². The Balaban J connectivity index is 0.00000288. The minimum absolute atomic E-state index is 0. The second-order valence-electron chi connectivity index (χ2n) is 6.85. The van der Waals surface area contributed by atoms with E-state index >= 15 is 0 Å². The van der Waals surface area contributed by atoms with Gasteiger partial charge >= 0.3 is 0 Å². The van der Waals surface area contributed by atoms with E-state index in [0.717, 1.165) is 38.7 Å². The number of piperidine rings is 1. The number of guanidine groups is 1. The third kappa shape index (κ3) is 9.42. The van der Waals surface area contributed by atoms with Gasteiger partial charge in [-0.05, 0) is 58.8 Å². The number of rotatable bonds is 7. The Morgan fingerprint density at radius 1 is 0.792 bits per heavy atom. The van der Waals surface area contributed by atoms with Crippen LogP contribution in [0.3, 0.4) is 0 Å². The van der Waals surface area contributed by atoms with E-state index in [1.807, 2.05) is 0 Å². The average Bonchev–Trinajstić information content (AvgIpc) is 2.85. The predicted octanol–water partition coefficient (Wildman–Crippen LogP) is 2.52. The lowest BCUT2D eigenvalue weighted by atomic mass is 10.1. The lowest BCUT2D eigenvalue weighted by molar-refractivity contribution is 0.232. The van der Waals surface area contributed by atoms with Gasteiger partial charge in [0.2, 0.25) is 0 Å². The van der Waals surface area contributed by atoms with Crippen LogP contribution in [0.5, 0.6) is 0 Å². The first-order chi connectivity index (χ1) is 11.4. The van der Waals surface area contributed by atoms with Crippen molar-refractivity contribution >= 4 is 29.9 Å². The molecular weight excluding hydrogens is 413 g/mol. The molecule has 0 radical (unpaired) electrons. The molecule has 24 heavy (non-hydrogen) atoms. The molecule has 0 aromatic heterocycles. The largest absolute Gasteiger partial charge is 0.357 e. The summed E-state index contributed by atoms with van der Waals surface area (Å²) in [5.41, 5.74) is 0. The Morgan fingerprint density at radius 2 is 1.33 bits per heavy atom. The first kappa shape index (κ1) is 22.0. The van der Waals surface area contributed by atoms with E-state index in [9.17, 15) is 0 Å². The molecule has 142 valence electrons. The minimum atomic E-state index is 0. The Bertz CT molecular complexity index is 323. The van der Waals surface area contributed by atoms with Gasteiger partial charge in [-0.2, -0.15) is 0 Å². The Hall–Kier alpha value is -0.0800. The molecule has 0 aliphatic carbocycles. The second kappa shape index (κ2) is 14.1. The molecule has 0 unspecified atom stereocenters. The molecule has 0 bridgehead atoms. The van der Waals surface area contributed by atoms with Crippen LogP contribution in [0.4, 0.5) is 0 Å². The second-order valence-corrected chi connectivity index (χ2v) is 6.85. The van der Waals surface area contributed by atoms with Crippen LogP contribution in [0.25, 0.3) is 0 Å². The van der Waals surface area contributed by atoms with Gasteiger partial charge in [-0.1, -0.05) is 19.3 Å². The van der Waals surface area contributed by atoms with E-state index in [-0.39, 0.29) is 24.0 Å². The Labute approximate surface area is 166 Å². The van der Waals surface area contributed by atoms with Gasteiger partial charge < -0.3 is 20.4 Å². The summed E-state index contributed by atoms with van der Waals surface area (Å²) >= 11 is 0. The first-order valence-corrected chi connectivity index (χ1v) is 9.85. The molecular formula is C18H38IN5. The number of likely N-dealkylation sites (tertiary alicyclic amines) is 2. The molecule has 0 spiro atoms. The van der Waals surface area contributed by atoms with E-state index in [4.69, 9.17) is 4.99 Å². The summed E-state index contributed by atoms with van der Waals surface area (Å²) in [7, 11) is 0. The van der Waals surface area contributed by atoms with Gasteiger partial charge in [0.25, 0.3) is 0 Å². The minimum Gasteiger partial charge on any atom is -0.357 e. The van der Waals surface area contributed by atoms with E-state index in [1.54, 1.807) is 0 Å². The monoisotopic (exact) mass is 451 g/mol. The van der Waals surface area contributed by atoms with Crippen molar-refractivity contribution in [2.75, 3.05) is 58.9 Å². The molecule has 0 saturated carbocycles. The first-order valence-electron chi connectivity index (χ1n) is 9.85. The van der Waals surface area contributed by atoms with Gasteiger partial charge in [0, 0.05) is 26.2 Å². The fourth-order valence-electron chi connectivity index (χ4n) is 3.52. The summed E-state index contributed by atoms with van der Waals surface area (Å²) in [5.74, 6) is 0.985. The highest BCUT2D eigenvalue weighted by Gasteiger charge is 2.10. The van der Waals surface area contributed by atoms with Gasteiger partial charge in [0.15, 0.2) is 5.96 Å². The summed E-state index contributed by atoms with van der Waals surface area (Å²) in [4.78, 5) is 9.90. The van der Waals surface area contributed by atoms with E-state index in [0.29, 0.717) is 0 Å². The summed E-state index contributed by atoms with van der Waals surface area (Å²) in [6.07, 6.45) is 9.66. The third-order valence-corrected chi connectivity index (χ3v) is 4.90. The molecule has 5 nitrogen and oxygen atoms in total. The normalized spacial score (nSPS) is 21.0. The summed E-state index contributed by atoms with van der Waals surface area (Å²) < 4.78 is 0. The van der Waals surface area contributed by atoms with Crippen LogP contribution in [-0.2, 0) is 0 Å². The lowest BCUT2D eigenvalue weighted by Crippen LogP contribution is -2.43. The van der Waals surface area contributed by atoms with Crippen molar-refractivity contribution in [2.45, 2.75) is 51.9 Å². The van der Waals surface area contributed by atoms with Gasteiger partial charge in [-0.25, -0.2) is 0 Å². The Morgan fingerprint density at radius 3 is 1.92 bits per heavy atom. The molecule has 2 rings (SSSR count). The molecule has 2 N–H and O–H groups in total. The van der Waals surface area contributed by atoms with E-state index in [2.05, 4.69) is 27.4 Å². The number of hydrogen-bond donors (Lipinski definition) is 2. The van der Waals surface area contributed by atoms with Crippen LogP contribution < -0.4 is 10.6 Å². The van der Waals surface area contributed by atoms with Crippen molar-refractivity contribution in [3.8, 4) is 0 Å². The molecule has 2 fully saturated rings. The zero-order valence-electron chi connectivity index (χ0n) is 15.6. The molecule has 0 aromatic rings. The zero-order valence-corrected chi connectivity index (χ0v) is 17.9. The van der Waals surface area contributed by atoms with Crippen molar-refractivity contribution in [2.24, 2.45) is 4.99 Å². The zero-order chi connectivity index (χ0) is 16.2. The maximum Gasteiger partial charge on any atom is 0.191 e. The molecule has 2 aliphatic heterocycles. The lowest BCUT2D eigenvalue weighted by Gasteiger charge is -2.26. The number of hydrogen-bond acceptors (Lipinski definition) is 3. The quantitative estimate of drug-likeness (QED) is 0.355.